The predicted molar refractivity (Wildman–Crippen MR) is 110 cm³/mol. The van der Waals surface area contributed by atoms with Gasteiger partial charge in [-0.15, -0.1) is 11.3 Å². The molecule has 0 saturated carbocycles. The van der Waals surface area contributed by atoms with E-state index >= 15 is 0 Å². The average molecular weight is 386 g/mol. The van der Waals surface area contributed by atoms with E-state index < -0.39 is 0 Å². The fourth-order valence-corrected chi connectivity index (χ4v) is 3.76. The second kappa shape index (κ2) is 8.10. The summed E-state index contributed by atoms with van der Waals surface area (Å²) in [6.07, 6.45) is 3.65. The SMILES string of the molecule is Cc1nc(-c2ccccn2)sc1C(=O)N=c1ccccn1Cc1ccccc1. The Hall–Kier alpha value is -3.38. The summed E-state index contributed by atoms with van der Waals surface area (Å²) >= 11 is 1.32. The minimum Gasteiger partial charge on any atom is -0.328 e. The number of aryl methyl sites for hydroxylation is 1. The molecule has 28 heavy (non-hydrogen) atoms. The standard InChI is InChI=1S/C22H18N4OS/c1-16-20(28-22(24-16)18-11-5-7-13-23-18)21(27)25-19-12-6-8-14-26(19)15-17-9-3-2-4-10-17/h2-14H,15H2,1H3. The number of hydrogen-bond acceptors (Lipinski definition) is 4. The van der Waals surface area contributed by atoms with Crippen molar-refractivity contribution in [3.8, 4) is 10.7 Å². The van der Waals surface area contributed by atoms with Crippen LogP contribution in [0.3, 0.4) is 0 Å². The van der Waals surface area contributed by atoms with E-state index in [2.05, 4.69) is 27.1 Å². The summed E-state index contributed by atoms with van der Waals surface area (Å²) in [6, 6.07) is 21.4. The summed E-state index contributed by atoms with van der Waals surface area (Å²) in [5.41, 5.74) is 3.19. The minimum atomic E-state index is -0.287. The third-order valence-electron chi connectivity index (χ3n) is 4.20. The van der Waals surface area contributed by atoms with Gasteiger partial charge in [0.2, 0.25) is 0 Å². The fourth-order valence-electron chi connectivity index (χ4n) is 2.83. The molecular formula is C22H18N4OS. The summed E-state index contributed by atoms with van der Waals surface area (Å²) in [7, 11) is 0. The fraction of sp³-hybridized carbons (Fsp3) is 0.0909. The highest BCUT2D eigenvalue weighted by molar-refractivity contribution is 7.17. The first kappa shape index (κ1) is 18.0. The molecule has 0 radical (unpaired) electrons. The van der Waals surface area contributed by atoms with Gasteiger partial charge >= 0.3 is 0 Å². The summed E-state index contributed by atoms with van der Waals surface area (Å²) in [5, 5.41) is 0.724. The molecule has 6 heteroatoms. The minimum absolute atomic E-state index is 0.287. The second-order valence-corrected chi connectivity index (χ2v) is 7.24. The number of hydrogen-bond donors (Lipinski definition) is 0. The van der Waals surface area contributed by atoms with Crippen LogP contribution in [0.25, 0.3) is 10.7 Å². The van der Waals surface area contributed by atoms with Gasteiger partial charge in [0.15, 0.2) is 0 Å². The van der Waals surface area contributed by atoms with Crippen molar-refractivity contribution in [3.63, 3.8) is 0 Å². The molecule has 1 aromatic carbocycles. The zero-order chi connectivity index (χ0) is 19.3. The maximum atomic E-state index is 12.9. The van der Waals surface area contributed by atoms with Gasteiger partial charge in [-0.1, -0.05) is 42.5 Å². The van der Waals surface area contributed by atoms with Gasteiger partial charge < -0.3 is 4.57 Å². The van der Waals surface area contributed by atoms with Crippen molar-refractivity contribution in [2.24, 2.45) is 4.99 Å². The van der Waals surface area contributed by atoms with Crippen LogP contribution in [-0.2, 0) is 6.54 Å². The lowest BCUT2D eigenvalue weighted by atomic mass is 10.2. The smallest absolute Gasteiger partial charge is 0.290 e. The van der Waals surface area contributed by atoms with Crippen LogP contribution in [-0.4, -0.2) is 20.4 Å². The third-order valence-corrected chi connectivity index (χ3v) is 5.37. The van der Waals surface area contributed by atoms with Crippen LogP contribution in [0.4, 0.5) is 0 Å². The molecular weight excluding hydrogens is 368 g/mol. The Morgan fingerprint density at radius 3 is 2.61 bits per heavy atom. The number of rotatable bonds is 4. The number of nitrogens with zero attached hydrogens (tertiary/aromatic N) is 4. The normalized spacial score (nSPS) is 11.5. The summed E-state index contributed by atoms with van der Waals surface area (Å²) in [4.78, 5) is 26.6. The maximum absolute atomic E-state index is 12.9. The number of carbonyl (C=O) groups is 1. The molecule has 4 aromatic rings. The molecule has 0 atom stereocenters. The molecule has 3 heterocycles. The lowest BCUT2D eigenvalue weighted by Crippen LogP contribution is -2.22. The van der Waals surface area contributed by atoms with Gasteiger partial charge in [0.1, 0.15) is 15.4 Å². The van der Waals surface area contributed by atoms with Crippen molar-refractivity contribution in [2.75, 3.05) is 0 Å². The largest absolute Gasteiger partial charge is 0.328 e. The van der Waals surface area contributed by atoms with E-state index in [0.29, 0.717) is 22.6 Å². The van der Waals surface area contributed by atoms with Crippen LogP contribution >= 0.6 is 11.3 Å². The Kier molecular flexibility index (Phi) is 5.21. The molecule has 1 amide bonds. The van der Waals surface area contributed by atoms with Crippen molar-refractivity contribution in [3.05, 3.63) is 101 Å². The predicted octanol–water partition coefficient (Wildman–Crippen LogP) is 4.10. The van der Waals surface area contributed by atoms with E-state index in [4.69, 9.17) is 0 Å². The molecule has 0 fully saturated rings. The Balaban J connectivity index is 1.67. The third kappa shape index (κ3) is 3.97. The van der Waals surface area contributed by atoms with Gasteiger partial charge in [-0.25, -0.2) is 4.98 Å². The molecule has 0 aliphatic carbocycles. The second-order valence-electron chi connectivity index (χ2n) is 6.24. The van der Waals surface area contributed by atoms with E-state index in [9.17, 15) is 4.79 Å². The highest BCUT2D eigenvalue weighted by Gasteiger charge is 2.16. The number of thiazole rings is 1. The summed E-state index contributed by atoms with van der Waals surface area (Å²) in [6.45, 7) is 2.48. The van der Waals surface area contributed by atoms with Gasteiger partial charge in [-0.2, -0.15) is 4.99 Å². The van der Waals surface area contributed by atoms with E-state index in [1.807, 2.05) is 72.3 Å². The van der Waals surface area contributed by atoms with Crippen molar-refractivity contribution >= 4 is 17.2 Å². The van der Waals surface area contributed by atoms with Crippen LogP contribution in [0.5, 0.6) is 0 Å². The quantitative estimate of drug-likeness (QED) is 0.530. The molecule has 0 saturated heterocycles. The number of amides is 1. The van der Waals surface area contributed by atoms with Crippen molar-refractivity contribution in [2.45, 2.75) is 13.5 Å². The van der Waals surface area contributed by atoms with Gasteiger partial charge in [-0.05, 0) is 36.8 Å². The Bertz CT molecular complexity index is 1160. The lowest BCUT2D eigenvalue weighted by molar-refractivity contribution is 0.1000. The first-order chi connectivity index (χ1) is 13.7. The number of pyridine rings is 2. The van der Waals surface area contributed by atoms with Gasteiger partial charge in [0.25, 0.3) is 5.91 Å². The van der Waals surface area contributed by atoms with Crippen LogP contribution < -0.4 is 5.49 Å². The van der Waals surface area contributed by atoms with E-state index in [1.54, 1.807) is 6.20 Å². The molecule has 0 bridgehead atoms. The van der Waals surface area contributed by atoms with Gasteiger partial charge in [0.05, 0.1) is 11.4 Å². The van der Waals surface area contributed by atoms with Gasteiger partial charge in [-0.3, -0.25) is 9.78 Å². The summed E-state index contributed by atoms with van der Waals surface area (Å²) < 4.78 is 1.96. The lowest BCUT2D eigenvalue weighted by Gasteiger charge is -2.07. The highest BCUT2D eigenvalue weighted by atomic mass is 32.1. The number of benzene rings is 1. The molecule has 138 valence electrons. The average Bonchev–Trinajstić information content (AvgIpc) is 3.13. The number of aromatic nitrogens is 3. The molecule has 0 N–H and O–H groups in total. The van der Waals surface area contributed by atoms with E-state index in [1.165, 1.54) is 11.3 Å². The van der Waals surface area contributed by atoms with Crippen LogP contribution in [0.15, 0.2) is 84.1 Å². The Labute approximate surface area is 166 Å². The maximum Gasteiger partial charge on any atom is 0.290 e. The van der Waals surface area contributed by atoms with Crippen molar-refractivity contribution < 1.29 is 4.79 Å². The molecule has 5 nitrogen and oxygen atoms in total. The number of carbonyl (C=O) groups excluding carboxylic acids is 1. The Morgan fingerprint density at radius 2 is 1.82 bits per heavy atom. The highest BCUT2D eigenvalue weighted by Crippen LogP contribution is 2.26. The van der Waals surface area contributed by atoms with Crippen LogP contribution in [0, 0.1) is 6.92 Å². The van der Waals surface area contributed by atoms with Crippen LogP contribution in [0.1, 0.15) is 20.9 Å². The first-order valence-corrected chi connectivity index (χ1v) is 9.69. The van der Waals surface area contributed by atoms with Gasteiger partial charge in [0, 0.05) is 18.9 Å². The topological polar surface area (TPSA) is 60.1 Å². The Morgan fingerprint density at radius 1 is 1.04 bits per heavy atom. The molecule has 0 spiro atoms. The molecule has 0 unspecified atom stereocenters. The van der Waals surface area contributed by atoms with Crippen molar-refractivity contribution in [1.29, 1.82) is 0 Å². The molecule has 0 aliphatic heterocycles. The molecule has 4 rings (SSSR count). The molecule has 0 aliphatic rings. The van der Waals surface area contributed by atoms with Crippen molar-refractivity contribution in [1.82, 2.24) is 14.5 Å². The first-order valence-electron chi connectivity index (χ1n) is 8.88. The van der Waals surface area contributed by atoms with E-state index in [0.717, 1.165) is 16.3 Å². The summed E-state index contributed by atoms with van der Waals surface area (Å²) in [5.74, 6) is -0.287. The zero-order valence-corrected chi connectivity index (χ0v) is 16.1. The van der Waals surface area contributed by atoms with Crippen LogP contribution in [0.2, 0.25) is 0 Å². The molecule has 3 aromatic heterocycles. The monoisotopic (exact) mass is 386 g/mol. The zero-order valence-electron chi connectivity index (χ0n) is 15.3. The van der Waals surface area contributed by atoms with E-state index in [-0.39, 0.29) is 5.91 Å².